The second kappa shape index (κ2) is 5.55. The Bertz CT molecular complexity index is 426. The zero-order chi connectivity index (χ0) is 13.2. The Kier molecular flexibility index (Phi) is 3.80. The predicted molar refractivity (Wildman–Crippen MR) is 76.2 cm³/mol. The summed E-state index contributed by atoms with van der Waals surface area (Å²) in [6.45, 7) is 6.91. The summed E-state index contributed by atoms with van der Waals surface area (Å²) in [5, 5.41) is 0. The molecule has 3 rings (SSSR count). The van der Waals surface area contributed by atoms with E-state index >= 15 is 0 Å². The first-order valence-electron chi connectivity index (χ1n) is 7.44. The lowest BCUT2D eigenvalue weighted by Crippen LogP contribution is -2.42. The van der Waals surface area contributed by atoms with Crippen LogP contribution in [-0.4, -0.2) is 59.0 Å². The molecule has 19 heavy (non-hydrogen) atoms. The van der Waals surface area contributed by atoms with Crippen LogP contribution in [0.5, 0.6) is 0 Å². The second-order valence-corrected chi connectivity index (χ2v) is 6.07. The van der Waals surface area contributed by atoms with Crippen molar-refractivity contribution >= 4 is 0 Å². The minimum Gasteiger partial charge on any atom is -0.306 e. The molecule has 4 nitrogen and oxygen atoms in total. The highest BCUT2D eigenvalue weighted by Crippen LogP contribution is 2.28. The van der Waals surface area contributed by atoms with Gasteiger partial charge in [0.2, 0.25) is 0 Å². The largest absolute Gasteiger partial charge is 0.306 e. The molecule has 0 N–H and O–H groups in total. The monoisotopic (exact) mass is 260 g/mol. The summed E-state index contributed by atoms with van der Waals surface area (Å²) in [6, 6.07) is 2.76. The van der Waals surface area contributed by atoms with Crippen LogP contribution in [0.25, 0.3) is 0 Å². The number of nitrogens with zero attached hydrogens (tertiary/aromatic N) is 4. The number of aromatic nitrogens is 2. The number of hydrogen-bond acceptors (Lipinski definition) is 4. The third-order valence-corrected chi connectivity index (χ3v) is 4.60. The first-order valence-corrected chi connectivity index (χ1v) is 7.44. The van der Waals surface area contributed by atoms with Crippen LogP contribution in [0.3, 0.4) is 0 Å². The van der Waals surface area contributed by atoms with Crippen molar-refractivity contribution in [3.05, 3.63) is 23.8 Å². The van der Waals surface area contributed by atoms with E-state index in [0.717, 1.165) is 24.1 Å². The average molecular weight is 260 g/mol. The van der Waals surface area contributed by atoms with Crippen molar-refractivity contribution in [2.45, 2.75) is 38.1 Å². The van der Waals surface area contributed by atoms with Gasteiger partial charge in [0.25, 0.3) is 0 Å². The summed E-state index contributed by atoms with van der Waals surface area (Å²) >= 11 is 0. The highest BCUT2D eigenvalue weighted by atomic mass is 15.2. The molecular formula is C15H24N4. The van der Waals surface area contributed by atoms with Gasteiger partial charge >= 0.3 is 0 Å². The van der Waals surface area contributed by atoms with Crippen molar-refractivity contribution in [3.8, 4) is 0 Å². The molecule has 1 aromatic heterocycles. The van der Waals surface area contributed by atoms with Gasteiger partial charge in [0.1, 0.15) is 5.82 Å². The zero-order valence-electron chi connectivity index (χ0n) is 12.0. The summed E-state index contributed by atoms with van der Waals surface area (Å²) in [7, 11) is 2.23. The normalized spacial score (nSPS) is 26.9. The van der Waals surface area contributed by atoms with Crippen molar-refractivity contribution in [1.29, 1.82) is 0 Å². The fourth-order valence-electron chi connectivity index (χ4n) is 3.35. The number of likely N-dealkylation sites (tertiary alicyclic amines) is 2. The molecule has 0 aliphatic carbocycles. The Balaban J connectivity index is 1.61. The van der Waals surface area contributed by atoms with Crippen LogP contribution in [-0.2, 0) is 0 Å². The standard InChI is InChI=1S/C15H24N4/c1-12-3-7-16-15(17-12)13-4-10-19(11-13)14-5-8-18(2)9-6-14/h3,7,13-14H,4-6,8-11H2,1-2H3/t13-/m1/s1. The molecule has 0 aromatic carbocycles. The zero-order valence-corrected chi connectivity index (χ0v) is 12.0. The smallest absolute Gasteiger partial charge is 0.132 e. The van der Waals surface area contributed by atoms with Gasteiger partial charge in [-0.3, -0.25) is 4.90 Å². The van der Waals surface area contributed by atoms with E-state index in [4.69, 9.17) is 0 Å². The number of hydrogen-bond donors (Lipinski definition) is 0. The quantitative estimate of drug-likeness (QED) is 0.809. The molecule has 104 valence electrons. The summed E-state index contributed by atoms with van der Waals surface area (Å²) in [5.74, 6) is 1.59. The first-order chi connectivity index (χ1) is 9.22. The van der Waals surface area contributed by atoms with E-state index in [2.05, 4.69) is 33.7 Å². The third kappa shape index (κ3) is 2.95. The third-order valence-electron chi connectivity index (χ3n) is 4.60. The maximum atomic E-state index is 4.60. The Morgan fingerprint density at radius 1 is 1.16 bits per heavy atom. The Hall–Kier alpha value is -1.00. The Morgan fingerprint density at radius 2 is 1.95 bits per heavy atom. The molecule has 2 aliphatic rings. The molecule has 2 saturated heterocycles. The van der Waals surface area contributed by atoms with Crippen LogP contribution in [0.1, 0.15) is 36.7 Å². The molecule has 2 fully saturated rings. The molecule has 0 bridgehead atoms. The lowest BCUT2D eigenvalue weighted by Gasteiger charge is -2.35. The maximum absolute atomic E-state index is 4.60. The van der Waals surface area contributed by atoms with E-state index < -0.39 is 0 Å². The minimum atomic E-state index is 0.541. The van der Waals surface area contributed by atoms with Gasteiger partial charge < -0.3 is 4.90 Å². The highest BCUT2D eigenvalue weighted by molar-refractivity contribution is 5.07. The molecular weight excluding hydrogens is 236 g/mol. The Labute approximate surface area is 115 Å². The fourth-order valence-corrected chi connectivity index (χ4v) is 3.35. The van der Waals surface area contributed by atoms with Crippen LogP contribution >= 0.6 is 0 Å². The van der Waals surface area contributed by atoms with E-state index in [-0.39, 0.29) is 0 Å². The van der Waals surface area contributed by atoms with Gasteiger partial charge in [-0.05, 0) is 58.9 Å². The van der Waals surface area contributed by atoms with E-state index in [1.165, 1.54) is 38.9 Å². The van der Waals surface area contributed by atoms with E-state index in [1.807, 2.05) is 12.3 Å². The van der Waals surface area contributed by atoms with Crippen molar-refractivity contribution in [1.82, 2.24) is 19.8 Å². The van der Waals surface area contributed by atoms with E-state index in [0.29, 0.717) is 5.92 Å². The van der Waals surface area contributed by atoms with Crippen molar-refractivity contribution in [3.63, 3.8) is 0 Å². The van der Waals surface area contributed by atoms with Crippen molar-refractivity contribution in [2.75, 3.05) is 33.2 Å². The minimum absolute atomic E-state index is 0.541. The van der Waals surface area contributed by atoms with Crippen molar-refractivity contribution < 1.29 is 0 Å². The SMILES string of the molecule is Cc1ccnc([C@@H]2CCN(C3CCN(C)CC3)C2)n1. The molecule has 2 aliphatic heterocycles. The van der Waals surface area contributed by atoms with Crippen LogP contribution in [0.4, 0.5) is 0 Å². The van der Waals surface area contributed by atoms with Gasteiger partial charge in [-0.15, -0.1) is 0 Å². The average Bonchev–Trinajstić information content (AvgIpc) is 2.89. The lowest BCUT2D eigenvalue weighted by molar-refractivity contribution is 0.142. The van der Waals surface area contributed by atoms with Crippen LogP contribution < -0.4 is 0 Å². The van der Waals surface area contributed by atoms with Gasteiger partial charge in [0, 0.05) is 30.4 Å². The molecule has 0 amide bonds. The van der Waals surface area contributed by atoms with Crippen LogP contribution in [0.2, 0.25) is 0 Å². The van der Waals surface area contributed by atoms with Crippen molar-refractivity contribution in [2.24, 2.45) is 0 Å². The molecule has 0 saturated carbocycles. The highest BCUT2D eigenvalue weighted by Gasteiger charge is 2.31. The summed E-state index contributed by atoms with van der Waals surface area (Å²) in [6.07, 6.45) is 5.75. The van der Waals surface area contributed by atoms with Gasteiger partial charge in [0.15, 0.2) is 0 Å². The molecule has 1 aromatic rings. The van der Waals surface area contributed by atoms with Crippen LogP contribution in [0.15, 0.2) is 12.3 Å². The molecule has 1 atom stereocenters. The molecule has 0 unspecified atom stereocenters. The Morgan fingerprint density at radius 3 is 2.68 bits per heavy atom. The number of aryl methyl sites for hydroxylation is 1. The number of rotatable bonds is 2. The van der Waals surface area contributed by atoms with Gasteiger partial charge in [-0.1, -0.05) is 0 Å². The number of piperidine rings is 1. The fraction of sp³-hybridized carbons (Fsp3) is 0.733. The lowest BCUT2D eigenvalue weighted by atomic mass is 10.0. The van der Waals surface area contributed by atoms with Gasteiger partial charge in [0.05, 0.1) is 0 Å². The second-order valence-electron chi connectivity index (χ2n) is 6.07. The topological polar surface area (TPSA) is 32.3 Å². The predicted octanol–water partition coefficient (Wildman–Crippen LogP) is 1.67. The molecule has 0 radical (unpaired) electrons. The molecule has 0 spiro atoms. The molecule has 3 heterocycles. The van der Waals surface area contributed by atoms with E-state index in [1.54, 1.807) is 0 Å². The first kappa shape index (κ1) is 13.0. The van der Waals surface area contributed by atoms with E-state index in [9.17, 15) is 0 Å². The summed E-state index contributed by atoms with van der Waals surface area (Å²) < 4.78 is 0. The molecule has 4 heteroatoms. The summed E-state index contributed by atoms with van der Waals surface area (Å²) in [5.41, 5.74) is 1.09. The van der Waals surface area contributed by atoms with Crippen LogP contribution in [0, 0.1) is 6.92 Å². The van der Waals surface area contributed by atoms with Gasteiger partial charge in [-0.25, -0.2) is 9.97 Å². The maximum Gasteiger partial charge on any atom is 0.132 e. The summed E-state index contributed by atoms with van der Waals surface area (Å²) in [4.78, 5) is 14.2. The van der Waals surface area contributed by atoms with Gasteiger partial charge in [-0.2, -0.15) is 0 Å².